The first-order valence-corrected chi connectivity index (χ1v) is 13.5. The van der Waals surface area contributed by atoms with E-state index < -0.39 is 50.2 Å². The number of nitrogens with zero attached hydrogens (tertiary/aromatic N) is 2. The van der Waals surface area contributed by atoms with Crippen molar-refractivity contribution in [2.45, 2.75) is 17.9 Å². The van der Waals surface area contributed by atoms with E-state index in [1.54, 1.807) is 12.1 Å². The van der Waals surface area contributed by atoms with Crippen LogP contribution in [0.15, 0.2) is 58.4 Å². The van der Waals surface area contributed by atoms with Gasteiger partial charge in [0.25, 0.3) is 10.1 Å². The first-order chi connectivity index (χ1) is 19.1. The van der Waals surface area contributed by atoms with E-state index in [9.17, 15) is 36.3 Å². The number of carboxylic acids is 1. The minimum atomic E-state index is -4.02. The third-order valence-electron chi connectivity index (χ3n) is 6.26. The van der Waals surface area contributed by atoms with Gasteiger partial charge in [0.15, 0.2) is 0 Å². The number of aromatic carboxylic acids is 1. The van der Waals surface area contributed by atoms with Gasteiger partial charge in [0.05, 0.1) is 37.9 Å². The molecule has 0 aliphatic carbocycles. The van der Waals surface area contributed by atoms with Gasteiger partial charge in [-0.05, 0) is 31.2 Å². The molecule has 1 saturated heterocycles. The zero-order chi connectivity index (χ0) is 30.4. The molecule has 2 heterocycles. The van der Waals surface area contributed by atoms with Crippen LogP contribution in [0.3, 0.4) is 0 Å². The molecule has 0 atom stereocenters. The fourth-order valence-electron chi connectivity index (χ4n) is 4.18. The molecule has 0 bridgehead atoms. The minimum absolute atomic E-state index is 0.0578. The fourth-order valence-corrected chi connectivity index (χ4v) is 5.06. The van der Waals surface area contributed by atoms with Crippen LogP contribution >= 0.6 is 11.6 Å². The number of benzene rings is 3. The highest BCUT2D eigenvalue weighted by Gasteiger charge is 2.30. The molecular weight excluding hydrogens is 589 g/mol. The van der Waals surface area contributed by atoms with E-state index >= 15 is 0 Å². The second-order valence-corrected chi connectivity index (χ2v) is 11.0. The summed E-state index contributed by atoms with van der Waals surface area (Å²) >= 11 is 6.43. The van der Waals surface area contributed by atoms with Crippen LogP contribution in [0.2, 0.25) is 5.02 Å². The Morgan fingerprint density at radius 1 is 1.05 bits per heavy atom. The average molecular weight is 611 g/mol. The van der Waals surface area contributed by atoms with Crippen molar-refractivity contribution >= 4 is 50.0 Å². The predicted molar refractivity (Wildman–Crippen MR) is 147 cm³/mol. The van der Waals surface area contributed by atoms with E-state index in [1.807, 2.05) is 6.92 Å². The smallest absolute Gasteiger partial charge is 0.341 e. The molecule has 4 aromatic rings. The van der Waals surface area contributed by atoms with Crippen LogP contribution in [0.1, 0.15) is 15.9 Å². The summed E-state index contributed by atoms with van der Waals surface area (Å²) in [7, 11) is -4.02. The topological polar surface area (TPSA) is 169 Å². The van der Waals surface area contributed by atoms with Crippen LogP contribution in [0, 0.1) is 24.4 Å². The van der Waals surface area contributed by atoms with Gasteiger partial charge in [-0.3, -0.25) is 9.35 Å². The summed E-state index contributed by atoms with van der Waals surface area (Å²) in [4.78, 5) is 25.7. The summed E-state index contributed by atoms with van der Waals surface area (Å²) in [6.45, 7) is 2.45. The molecule has 0 radical (unpaired) electrons. The second-order valence-electron chi connectivity index (χ2n) is 9.24. The molecule has 41 heavy (non-hydrogen) atoms. The normalized spacial score (nSPS) is 13.5. The Balaban J connectivity index is 0.000000296. The Morgan fingerprint density at radius 2 is 1.66 bits per heavy atom. The Bertz CT molecular complexity index is 1860. The average Bonchev–Trinajstić information content (AvgIpc) is 2.86. The molecule has 216 valence electrons. The van der Waals surface area contributed by atoms with E-state index in [4.69, 9.17) is 27.6 Å². The number of nitrogen functional groups attached to an aromatic ring is 1. The number of aryl methyl sites for hydroxylation is 1. The Hall–Kier alpha value is -4.11. The van der Waals surface area contributed by atoms with Crippen molar-refractivity contribution < 1.29 is 36.0 Å². The molecule has 5 rings (SSSR count). The minimum Gasteiger partial charge on any atom is -0.477 e. The van der Waals surface area contributed by atoms with Crippen LogP contribution in [-0.2, 0) is 10.1 Å². The summed E-state index contributed by atoms with van der Waals surface area (Å²) in [5, 5.41) is 8.76. The third kappa shape index (κ3) is 5.86. The molecule has 0 saturated carbocycles. The first-order valence-electron chi connectivity index (χ1n) is 11.7. The highest BCUT2D eigenvalue weighted by atomic mass is 35.5. The van der Waals surface area contributed by atoms with Crippen molar-refractivity contribution in [2.75, 3.05) is 23.7 Å². The second kappa shape index (κ2) is 11.0. The number of rotatable bonds is 4. The van der Waals surface area contributed by atoms with Crippen LogP contribution in [-0.4, -0.2) is 47.7 Å². The number of aromatic nitrogens is 1. The monoisotopic (exact) mass is 610 g/mol. The molecule has 0 spiro atoms. The predicted octanol–water partition coefficient (Wildman–Crippen LogP) is 3.73. The van der Waals surface area contributed by atoms with Crippen molar-refractivity contribution in [3.63, 3.8) is 0 Å². The number of fused-ring (bicyclic) bond motifs is 1. The van der Waals surface area contributed by atoms with Crippen molar-refractivity contribution in [2.24, 2.45) is 5.73 Å². The largest absolute Gasteiger partial charge is 0.477 e. The highest BCUT2D eigenvalue weighted by molar-refractivity contribution is 7.85. The Kier molecular flexibility index (Phi) is 8.05. The number of carbonyl (C=O) groups is 1. The lowest BCUT2D eigenvalue weighted by molar-refractivity contribution is 0.0695. The van der Waals surface area contributed by atoms with Gasteiger partial charge in [-0.1, -0.05) is 29.3 Å². The molecule has 6 N–H and O–H groups in total. The van der Waals surface area contributed by atoms with Crippen LogP contribution in [0.25, 0.3) is 16.6 Å². The van der Waals surface area contributed by atoms with Crippen LogP contribution in [0.5, 0.6) is 0 Å². The number of carboxylic acid groups (broad SMARTS) is 1. The number of halogens is 4. The van der Waals surface area contributed by atoms with E-state index in [1.165, 1.54) is 17.0 Å². The standard InChI is InChI=1S/C19H14ClF3N4O3.C7H8O3S/c20-15-16-8(1-12(23)17(15)26-4-7(24)5-26)18(28)9(19(29)30)6-27(16)14-3-13(25)10(21)2-11(14)22;1-6-2-4-7(5-3-6)11(8,9)10/h1-3,6-7H,4-5,24-25H2,(H,29,30);2-5H,1H3,(H,8,9,10). The van der Waals surface area contributed by atoms with E-state index in [2.05, 4.69) is 0 Å². The molecule has 10 nitrogen and oxygen atoms in total. The molecule has 1 fully saturated rings. The van der Waals surface area contributed by atoms with E-state index in [0.29, 0.717) is 19.2 Å². The molecule has 1 aliphatic heterocycles. The van der Waals surface area contributed by atoms with Gasteiger partial charge in [-0.25, -0.2) is 18.0 Å². The van der Waals surface area contributed by atoms with Crippen molar-refractivity contribution in [1.82, 2.24) is 4.57 Å². The number of pyridine rings is 1. The maximum atomic E-state index is 14.8. The Morgan fingerprint density at radius 3 is 2.20 bits per heavy atom. The summed E-state index contributed by atoms with van der Waals surface area (Å²) in [5.74, 6) is -4.58. The van der Waals surface area contributed by atoms with Crippen molar-refractivity contribution in [3.8, 4) is 5.69 Å². The van der Waals surface area contributed by atoms with Gasteiger partial charge in [-0.15, -0.1) is 0 Å². The summed E-state index contributed by atoms with van der Waals surface area (Å²) < 4.78 is 73.6. The van der Waals surface area contributed by atoms with E-state index in [-0.39, 0.29) is 38.2 Å². The van der Waals surface area contributed by atoms with Gasteiger partial charge >= 0.3 is 5.97 Å². The Labute approximate surface area is 235 Å². The number of anilines is 2. The van der Waals surface area contributed by atoms with Gasteiger partial charge in [-0.2, -0.15) is 8.42 Å². The molecule has 15 heteroatoms. The quantitative estimate of drug-likeness (QED) is 0.199. The summed E-state index contributed by atoms with van der Waals surface area (Å²) in [5.41, 5.74) is 9.50. The third-order valence-corrected chi connectivity index (χ3v) is 7.48. The molecular formula is C26H22ClF3N4O6S. The highest BCUT2D eigenvalue weighted by Crippen LogP contribution is 2.38. The zero-order valence-corrected chi connectivity index (χ0v) is 22.7. The fraction of sp³-hybridized carbons (Fsp3) is 0.154. The number of hydrogen-bond donors (Lipinski definition) is 4. The van der Waals surface area contributed by atoms with Crippen LogP contribution in [0.4, 0.5) is 24.5 Å². The van der Waals surface area contributed by atoms with Gasteiger partial charge in [0, 0.05) is 31.4 Å². The van der Waals surface area contributed by atoms with Crippen molar-refractivity contribution in [1.29, 1.82) is 0 Å². The van der Waals surface area contributed by atoms with Gasteiger partial charge < -0.3 is 26.0 Å². The lowest BCUT2D eigenvalue weighted by Gasteiger charge is -2.39. The maximum Gasteiger partial charge on any atom is 0.341 e. The first kappa shape index (κ1) is 29.9. The molecule has 1 aromatic heterocycles. The molecule has 0 unspecified atom stereocenters. The van der Waals surface area contributed by atoms with Crippen LogP contribution < -0.4 is 21.8 Å². The van der Waals surface area contributed by atoms with Crippen molar-refractivity contribution in [3.05, 3.63) is 92.5 Å². The number of nitrogens with two attached hydrogens (primary N) is 2. The molecule has 1 aliphatic rings. The maximum absolute atomic E-state index is 14.8. The SMILES string of the molecule is Cc1ccc(S(=O)(=O)O)cc1.Nc1cc(-n2cc(C(=O)O)c(=O)c3cc(F)c(N4CC(N)C4)c(Cl)c32)c(F)cc1F. The number of hydrogen-bond acceptors (Lipinski definition) is 7. The van der Waals surface area contributed by atoms with Gasteiger partial charge in [0.2, 0.25) is 5.43 Å². The summed E-state index contributed by atoms with van der Waals surface area (Å²) in [6, 6.07) is 8.08. The molecule has 0 amide bonds. The molecule has 3 aromatic carbocycles. The zero-order valence-electron chi connectivity index (χ0n) is 21.1. The lowest BCUT2D eigenvalue weighted by atomic mass is 10.0. The summed E-state index contributed by atoms with van der Waals surface area (Å²) in [6.07, 6.45) is 0.845. The van der Waals surface area contributed by atoms with Gasteiger partial charge in [0.1, 0.15) is 23.0 Å². The lowest BCUT2D eigenvalue weighted by Crippen LogP contribution is -2.56. The van der Waals surface area contributed by atoms with E-state index in [0.717, 1.165) is 28.5 Å².